The lowest BCUT2D eigenvalue weighted by Crippen LogP contribution is -2.42. The largest absolute Gasteiger partial charge is 0.314 e. The number of likely N-dealkylation sites (tertiary alicyclic amines) is 1. The quantitative estimate of drug-likeness (QED) is 0.728. The lowest BCUT2D eigenvalue weighted by molar-refractivity contribution is 0.169. The van der Waals surface area contributed by atoms with Crippen LogP contribution in [0.1, 0.15) is 40.0 Å². The van der Waals surface area contributed by atoms with Crippen molar-refractivity contribution in [2.45, 2.75) is 46.1 Å². The van der Waals surface area contributed by atoms with Crippen molar-refractivity contribution in [3.05, 3.63) is 0 Å². The molecule has 1 saturated heterocycles. The number of nitrogens with one attached hydrogen (secondary N) is 1. The Balaban J connectivity index is 2.19. The highest BCUT2D eigenvalue weighted by Gasteiger charge is 2.22. The van der Waals surface area contributed by atoms with Gasteiger partial charge in [-0.3, -0.25) is 0 Å². The van der Waals surface area contributed by atoms with Gasteiger partial charge in [-0.1, -0.05) is 13.8 Å². The van der Waals surface area contributed by atoms with Crippen LogP contribution >= 0.6 is 0 Å². The molecule has 1 aliphatic rings. The maximum Gasteiger partial charge on any atom is 0.00679 e. The van der Waals surface area contributed by atoms with Gasteiger partial charge in [0.2, 0.25) is 0 Å². The van der Waals surface area contributed by atoms with Gasteiger partial charge in [-0.2, -0.15) is 0 Å². The van der Waals surface area contributed by atoms with Crippen molar-refractivity contribution in [3.8, 4) is 0 Å². The number of hydrogen-bond donors (Lipinski definition) is 1. The molecule has 0 radical (unpaired) electrons. The number of piperidine rings is 1. The Morgan fingerprint density at radius 1 is 1.29 bits per heavy atom. The summed E-state index contributed by atoms with van der Waals surface area (Å²) in [5, 5.41) is 3.62. The van der Waals surface area contributed by atoms with E-state index in [0.29, 0.717) is 6.04 Å². The van der Waals surface area contributed by atoms with Crippen LogP contribution in [-0.2, 0) is 0 Å². The summed E-state index contributed by atoms with van der Waals surface area (Å²) < 4.78 is 0. The van der Waals surface area contributed by atoms with Crippen LogP contribution in [-0.4, -0.2) is 37.1 Å². The van der Waals surface area contributed by atoms with E-state index in [2.05, 4.69) is 31.0 Å². The third-order valence-corrected chi connectivity index (χ3v) is 3.50. The Morgan fingerprint density at radius 2 is 1.93 bits per heavy atom. The molecule has 2 heteroatoms. The van der Waals surface area contributed by atoms with E-state index in [0.717, 1.165) is 5.92 Å². The zero-order valence-electron chi connectivity index (χ0n) is 10.1. The molecule has 2 nitrogen and oxygen atoms in total. The summed E-state index contributed by atoms with van der Waals surface area (Å²) in [5.74, 6) is 0.907. The molecule has 0 bridgehead atoms. The maximum atomic E-state index is 3.62. The Hall–Kier alpha value is -0.0800. The molecule has 1 fully saturated rings. The summed E-state index contributed by atoms with van der Waals surface area (Å²) in [6, 6.07) is 0.717. The van der Waals surface area contributed by atoms with Gasteiger partial charge >= 0.3 is 0 Å². The summed E-state index contributed by atoms with van der Waals surface area (Å²) in [7, 11) is 0. The predicted molar refractivity (Wildman–Crippen MR) is 62.6 cm³/mol. The number of hydrogen-bond acceptors (Lipinski definition) is 2. The highest BCUT2D eigenvalue weighted by molar-refractivity contribution is 4.78. The van der Waals surface area contributed by atoms with E-state index in [1.165, 1.54) is 45.4 Å². The smallest absolute Gasteiger partial charge is 0.00679 e. The molecule has 0 aromatic heterocycles. The first kappa shape index (κ1) is 12.0. The minimum Gasteiger partial charge on any atom is -0.314 e. The molecule has 1 rings (SSSR count). The van der Waals surface area contributed by atoms with Gasteiger partial charge < -0.3 is 10.2 Å². The Kier molecular flexibility index (Phi) is 5.49. The van der Waals surface area contributed by atoms with Crippen LogP contribution in [0.25, 0.3) is 0 Å². The molecule has 84 valence electrons. The van der Waals surface area contributed by atoms with Crippen molar-refractivity contribution in [1.82, 2.24) is 10.2 Å². The van der Waals surface area contributed by atoms with E-state index in [1.54, 1.807) is 0 Å². The van der Waals surface area contributed by atoms with Crippen molar-refractivity contribution in [2.75, 3.05) is 26.2 Å². The zero-order chi connectivity index (χ0) is 10.4. The SMILES string of the molecule is CCCNC(C)C1CCN(CC)CC1. The van der Waals surface area contributed by atoms with Crippen LogP contribution in [0.15, 0.2) is 0 Å². The number of rotatable bonds is 5. The average molecular weight is 198 g/mol. The van der Waals surface area contributed by atoms with E-state index >= 15 is 0 Å². The second-order valence-corrected chi connectivity index (χ2v) is 4.51. The van der Waals surface area contributed by atoms with Gasteiger partial charge in [0.05, 0.1) is 0 Å². The zero-order valence-corrected chi connectivity index (χ0v) is 10.1. The minimum absolute atomic E-state index is 0.717. The molecule has 0 aromatic carbocycles. The van der Waals surface area contributed by atoms with Gasteiger partial charge in [0.25, 0.3) is 0 Å². The van der Waals surface area contributed by atoms with E-state index in [-0.39, 0.29) is 0 Å². The third kappa shape index (κ3) is 3.58. The van der Waals surface area contributed by atoms with Gasteiger partial charge in [-0.05, 0) is 58.3 Å². The van der Waals surface area contributed by atoms with Crippen LogP contribution in [0, 0.1) is 5.92 Å². The molecular weight excluding hydrogens is 172 g/mol. The standard InChI is InChI=1S/C12H26N2/c1-4-8-13-11(3)12-6-9-14(5-2)10-7-12/h11-13H,4-10H2,1-3H3. The molecular formula is C12H26N2. The summed E-state index contributed by atoms with van der Waals surface area (Å²) in [5.41, 5.74) is 0. The van der Waals surface area contributed by atoms with Gasteiger partial charge in [0.1, 0.15) is 0 Å². The second-order valence-electron chi connectivity index (χ2n) is 4.51. The lowest BCUT2D eigenvalue weighted by atomic mass is 9.90. The fourth-order valence-electron chi connectivity index (χ4n) is 2.31. The molecule has 0 saturated carbocycles. The highest BCUT2D eigenvalue weighted by atomic mass is 15.1. The minimum atomic E-state index is 0.717. The monoisotopic (exact) mass is 198 g/mol. The molecule has 1 heterocycles. The molecule has 0 amide bonds. The molecule has 0 aliphatic carbocycles. The predicted octanol–water partition coefficient (Wildman–Crippen LogP) is 2.11. The summed E-state index contributed by atoms with van der Waals surface area (Å²) in [6.07, 6.45) is 4.01. The maximum absolute atomic E-state index is 3.62. The first-order valence-electron chi connectivity index (χ1n) is 6.23. The first-order valence-corrected chi connectivity index (χ1v) is 6.23. The molecule has 1 N–H and O–H groups in total. The van der Waals surface area contributed by atoms with Gasteiger partial charge in [0, 0.05) is 6.04 Å². The summed E-state index contributed by atoms with van der Waals surface area (Å²) >= 11 is 0. The van der Waals surface area contributed by atoms with E-state index < -0.39 is 0 Å². The summed E-state index contributed by atoms with van der Waals surface area (Å²) in [6.45, 7) is 11.9. The van der Waals surface area contributed by atoms with Crippen molar-refractivity contribution >= 4 is 0 Å². The Labute approximate surface area is 89.1 Å². The van der Waals surface area contributed by atoms with Crippen LogP contribution in [0.3, 0.4) is 0 Å². The molecule has 14 heavy (non-hydrogen) atoms. The van der Waals surface area contributed by atoms with Crippen LogP contribution in [0.2, 0.25) is 0 Å². The third-order valence-electron chi connectivity index (χ3n) is 3.50. The number of nitrogens with zero attached hydrogens (tertiary/aromatic N) is 1. The molecule has 0 aromatic rings. The van der Waals surface area contributed by atoms with Crippen LogP contribution < -0.4 is 5.32 Å². The van der Waals surface area contributed by atoms with Crippen molar-refractivity contribution < 1.29 is 0 Å². The van der Waals surface area contributed by atoms with Gasteiger partial charge in [-0.25, -0.2) is 0 Å². The summed E-state index contributed by atoms with van der Waals surface area (Å²) in [4.78, 5) is 2.56. The first-order chi connectivity index (χ1) is 6.77. The molecule has 1 aliphatic heterocycles. The van der Waals surface area contributed by atoms with E-state index in [4.69, 9.17) is 0 Å². The Morgan fingerprint density at radius 3 is 2.43 bits per heavy atom. The molecule has 1 atom stereocenters. The fourth-order valence-corrected chi connectivity index (χ4v) is 2.31. The topological polar surface area (TPSA) is 15.3 Å². The van der Waals surface area contributed by atoms with Gasteiger partial charge in [-0.15, -0.1) is 0 Å². The molecule has 1 unspecified atom stereocenters. The molecule has 0 spiro atoms. The van der Waals surface area contributed by atoms with E-state index in [1.807, 2.05) is 0 Å². The lowest BCUT2D eigenvalue weighted by Gasteiger charge is -2.34. The highest BCUT2D eigenvalue weighted by Crippen LogP contribution is 2.20. The van der Waals surface area contributed by atoms with E-state index in [9.17, 15) is 0 Å². The van der Waals surface area contributed by atoms with Crippen LogP contribution in [0.4, 0.5) is 0 Å². The fraction of sp³-hybridized carbons (Fsp3) is 1.00. The van der Waals surface area contributed by atoms with Crippen LogP contribution in [0.5, 0.6) is 0 Å². The van der Waals surface area contributed by atoms with Gasteiger partial charge in [0.15, 0.2) is 0 Å². The normalized spacial score (nSPS) is 22.5. The Bertz CT molecular complexity index is 139. The van der Waals surface area contributed by atoms with Crippen molar-refractivity contribution in [1.29, 1.82) is 0 Å². The van der Waals surface area contributed by atoms with Crippen molar-refractivity contribution in [2.24, 2.45) is 5.92 Å². The average Bonchev–Trinajstić information content (AvgIpc) is 2.26. The second kappa shape index (κ2) is 6.41. The van der Waals surface area contributed by atoms with Crippen molar-refractivity contribution in [3.63, 3.8) is 0 Å².